The van der Waals surface area contributed by atoms with Gasteiger partial charge in [0.1, 0.15) is 5.82 Å². The van der Waals surface area contributed by atoms with Gasteiger partial charge in [0.2, 0.25) is 0 Å². The molecule has 4 aromatic rings. The maximum atomic E-state index is 4.75. The molecule has 2 aliphatic carbocycles. The molecule has 2 fully saturated rings. The highest BCUT2D eigenvalue weighted by atomic mass is 32.1. The van der Waals surface area contributed by atoms with Gasteiger partial charge in [0.25, 0.3) is 0 Å². The van der Waals surface area contributed by atoms with Crippen molar-refractivity contribution < 1.29 is 0 Å². The summed E-state index contributed by atoms with van der Waals surface area (Å²) in [5.74, 6) is 2.70. The molecule has 2 aliphatic rings. The summed E-state index contributed by atoms with van der Waals surface area (Å²) in [6, 6.07) is 11.3. The quantitative estimate of drug-likeness (QED) is 0.381. The van der Waals surface area contributed by atoms with Crippen LogP contribution in [0.4, 0.5) is 10.9 Å². The molecule has 3 aromatic heterocycles. The van der Waals surface area contributed by atoms with Crippen molar-refractivity contribution in [2.24, 2.45) is 11.8 Å². The largest absolute Gasteiger partial charge is 0.316 e. The number of thiazole rings is 1. The summed E-state index contributed by atoms with van der Waals surface area (Å²) in [4.78, 5) is 9.25. The summed E-state index contributed by atoms with van der Waals surface area (Å²) in [5, 5.41) is 15.2. The van der Waals surface area contributed by atoms with E-state index in [-0.39, 0.29) is 0 Å². The van der Waals surface area contributed by atoms with E-state index in [0.29, 0.717) is 6.04 Å². The Morgan fingerprint density at radius 3 is 2.94 bits per heavy atom. The molecule has 0 aliphatic heterocycles. The van der Waals surface area contributed by atoms with Crippen LogP contribution in [0.2, 0.25) is 0 Å². The number of hydrogen-bond donors (Lipinski definition) is 3. The second kappa shape index (κ2) is 7.73. The smallest absolute Gasteiger partial charge is 0.189 e. The van der Waals surface area contributed by atoms with Crippen LogP contribution in [-0.2, 0) is 6.54 Å². The molecule has 158 valence electrons. The SMILES string of the molecule is Cc1[nH]ncc1-c1ccc2nc(Nc3cc(CNC4C[C@H]5CC[C@H]4C5)ccn3)sc2c1. The maximum Gasteiger partial charge on any atom is 0.189 e. The highest BCUT2D eigenvalue weighted by Crippen LogP contribution is 2.44. The summed E-state index contributed by atoms with van der Waals surface area (Å²) in [6.07, 6.45) is 9.39. The Morgan fingerprint density at radius 2 is 2.13 bits per heavy atom. The molecular weight excluding hydrogens is 404 g/mol. The number of pyridine rings is 1. The van der Waals surface area contributed by atoms with E-state index in [9.17, 15) is 0 Å². The third-order valence-corrected chi connectivity index (χ3v) is 7.83. The standard InChI is InChI=1S/C24H26N6S/c1-14-19(13-27-30-14)17-4-5-20-22(11-17)31-24(28-20)29-23-10-16(6-7-25-23)12-26-21-9-15-2-3-18(21)8-15/h4-7,10-11,13,15,18,21,26H,2-3,8-9,12H2,1H3,(H,27,30)(H,25,28,29)/t15-,18-,21?/m0/s1. The van der Waals surface area contributed by atoms with Crippen molar-refractivity contribution in [3.05, 3.63) is 54.0 Å². The number of H-pyrrole nitrogens is 1. The minimum Gasteiger partial charge on any atom is -0.316 e. The minimum atomic E-state index is 0.695. The molecule has 2 bridgehead atoms. The fourth-order valence-electron chi connectivity index (χ4n) is 5.29. The lowest BCUT2D eigenvalue weighted by atomic mass is 9.95. The van der Waals surface area contributed by atoms with Crippen LogP contribution >= 0.6 is 11.3 Å². The van der Waals surface area contributed by atoms with Gasteiger partial charge < -0.3 is 10.6 Å². The van der Waals surface area contributed by atoms with E-state index < -0.39 is 0 Å². The van der Waals surface area contributed by atoms with Crippen molar-refractivity contribution in [3.63, 3.8) is 0 Å². The van der Waals surface area contributed by atoms with E-state index in [2.05, 4.69) is 56.1 Å². The van der Waals surface area contributed by atoms with Crippen molar-refractivity contribution in [1.29, 1.82) is 0 Å². The van der Waals surface area contributed by atoms with Crippen LogP contribution in [0.15, 0.2) is 42.7 Å². The molecule has 0 saturated heterocycles. The molecule has 3 N–H and O–H groups in total. The van der Waals surface area contributed by atoms with E-state index in [0.717, 1.165) is 56.4 Å². The monoisotopic (exact) mass is 430 g/mol. The molecule has 31 heavy (non-hydrogen) atoms. The number of aromatic nitrogens is 4. The second-order valence-electron chi connectivity index (χ2n) is 8.95. The van der Waals surface area contributed by atoms with E-state index in [1.807, 2.05) is 19.3 Å². The summed E-state index contributed by atoms with van der Waals surface area (Å²) in [7, 11) is 0. The number of anilines is 2. The third-order valence-electron chi connectivity index (χ3n) is 6.90. The number of benzene rings is 1. The number of aromatic amines is 1. The molecule has 0 spiro atoms. The summed E-state index contributed by atoms with van der Waals surface area (Å²) in [5.41, 5.74) is 5.61. The first kappa shape index (κ1) is 19.0. The van der Waals surface area contributed by atoms with Crippen molar-refractivity contribution >= 4 is 32.5 Å². The third kappa shape index (κ3) is 3.72. The molecule has 6 nitrogen and oxygen atoms in total. The lowest BCUT2D eigenvalue weighted by Gasteiger charge is -2.23. The van der Waals surface area contributed by atoms with E-state index in [1.54, 1.807) is 11.3 Å². The number of nitrogens with zero attached hydrogens (tertiary/aromatic N) is 3. The van der Waals surface area contributed by atoms with Gasteiger partial charge in [-0.25, -0.2) is 9.97 Å². The van der Waals surface area contributed by atoms with Gasteiger partial charge in [-0.05, 0) is 73.4 Å². The first-order valence-electron chi connectivity index (χ1n) is 11.1. The van der Waals surface area contributed by atoms with Crippen LogP contribution in [0.1, 0.15) is 36.9 Å². The van der Waals surface area contributed by atoms with Crippen molar-refractivity contribution in [2.75, 3.05) is 5.32 Å². The fraction of sp³-hybridized carbons (Fsp3) is 0.375. The van der Waals surface area contributed by atoms with Gasteiger partial charge >= 0.3 is 0 Å². The summed E-state index contributed by atoms with van der Waals surface area (Å²) >= 11 is 1.65. The average molecular weight is 431 g/mol. The van der Waals surface area contributed by atoms with Gasteiger partial charge in [-0.15, -0.1) is 0 Å². The Morgan fingerprint density at radius 1 is 1.16 bits per heavy atom. The first-order valence-corrected chi connectivity index (χ1v) is 11.9. The van der Waals surface area contributed by atoms with Crippen molar-refractivity contribution in [3.8, 4) is 11.1 Å². The van der Waals surface area contributed by atoms with Gasteiger partial charge in [0, 0.05) is 30.0 Å². The van der Waals surface area contributed by atoms with Crippen molar-refractivity contribution in [1.82, 2.24) is 25.5 Å². The van der Waals surface area contributed by atoms with E-state index >= 15 is 0 Å². The molecule has 3 heterocycles. The molecule has 7 heteroatoms. The Balaban J connectivity index is 1.16. The summed E-state index contributed by atoms with van der Waals surface area (Å²) < 4.78 is 1.15. The minimum absolute atomic E-state index is 0.695. The highest BCUT2D eigenvalue weighted by Gasteiger charge is 2.38. The number of fused-ring (bicyclic) bond motifs is 3. The molecule has 0 amide bonds. The van der Waals surface area contributed by atoms with Crippen LogP contribution in [0.5, 0.6) is 0 Å². The normalized spacial score (nSPS) is 22.4. The van der Waals surface area contributed by atoms with Crippen molar-refractivity contribution in [2.45, 2.75) is 45.2 Å². The zero-order chi connectivity index (χ0) is 20.8. The maximum absolute atomic E-state index is 4.75. The zero-order valence-electron chi connectivity index (χ0n) is 17.6. The predicted octanol–water partition coefficient (Wildman–Crippen LogP) is 5.41. The average Bonchev–Trinajstić information content (AvgIpc) is 3.56. The van der Waals surface area contributed by atoms with Crippen LogP contribution in [0.3, 0.4) is 0 Å². The van der Waals surface area contributed by atoms with Gasteiger partial charge in [-0.1, -0.05) is 23.8 Å². The fourth-order valence-corrected chi connectivity index (χ4v) is 6.21. The summed E-state index contributed by atoms with van der Waals surface area (Å²) in [6.45, 7) is 2.94. The topological polar surface area (TPSA) is 78.5 Å². The number of hydrogen-bond acceptors (Lipinski definition) is 6. The van der Waals surface area contributed by atoms with Gasteiger partial charge in [0.15, 0.2) is 5.13 Å². The molecule has 3 atom stereocenters. The molecule has 6 rings (SSSR count). The van der Waals surface area contributed by atoms with Crippen LogP contribution < -0.4 is 10.6 Å². The molecular formula is C24H26N6S. The number of rotatable bonds is 6. The van der Waals surface area contributed by atoms with Crippen LogP contribution in [-0.4, -0.2) is 26.2 Å². The molecule has 0 radical (unpaired) electrons. The Labute approximate surface area is 185 Å². The highest BCUT2D eigenvalue weighted by molar-refractivity contribution is 7.22. The lowest BCUT2D eigenvalue weighted by Crippen LogP contribution is -2.33. The Kier molecular flexibility index (Phi) is 4.73. The molecule has 1 unspecified atom stereocenters. The van der Waals surface area contributed by atoms with Crippen LogP contribution in [0, 0.1) is 18.8 Å². The molecule has 2 saturated carbocycles. The predicted molar refractivity (Wildman–Crippen MR) is 126 cm³/mol. The second-order valence-corrected chi connectivity index (χ2v) is 9.98. The molecule has 1 aromatic carbocycles. The zero-order valence-corrected chi connectivity index (χ0v) is 18.4. The van der Waals surface area contributed by atoms with Crippen LogP contribution in [0.25, 0.3) is 21.3 Å². The Bertz CT molecular complexity index is 1230. The van der Waals surface area contributed by atoms with Gasteiger partial charge in [-0.3, -0.25) is 5.10 Å². The van der Waals surface area contributed by atoms with E-state index in [1.165, 1.54) is 31.2 Å². The van der Waals surface area contributed by atoms with E-state index in [4.69, 9.17) is 4.98 Å². The van der Waals surface area contributed by atoms with Gasteiger partial charge in [0.05, 0.1) is 16.4 Å². The first-order chi connectivity index (χ1) is 15.2. The van der Waals surface area contributed by atoms with Gasteiger partial charge in [-0.2, -0.15) is 5.10 Å². The Hall–Kier alpha value is -2.77. The number of aryl methyl sites for hydroxylation is 1. The number of nitrogens with one attached hydrogen (secondary N) is 3. The lowest BCUT2D eigenvalue weighted by molar-refractivity contribution is 0.350.